The summed E-state index contributed by atoms with van der Waals surface area (Å²) in [5.41, 5.74) is 5.36. The van der Waals surface area contributed by atoms with Crippen molar-refractivity contribution >= 4 is 29.3 Å². The molecule has 0 fully saturated rings. The Morgan fingerprint density at radius 1 is 1.53 bits per heavy atom. The summed E-state index contributed by atoms with van der Waals surface area (Å²) in [4.78, 5) is 12.6. The zero-order chi connectivity index (χ0) is 12.7. The summed E-state index contributed by atoms with van der Waals surface area (Å²) in [6.07, 6.45) is 0.801. The third-order valence-corrected chi connectivity index (χ3v) is 3.81. The Balaban J connectivity index is 2.46. The van der Waals surface area contributed by atoms with E-state index in [2.05, 4.69) is 5.32 Å². The van der Waals surface area contributed by atoms with Gasteiger partial charge in [0.15, 0.2) is 0 Å². The molecule has 3 nitrogen and oxygen atoms in total. The first kappa shape index (κ1) is 14.4. The monoisotopic (exact) mass is 272 g/mol. The van der Waals surface area contributed by atoms with Crippen LogP contribution in [0.1, 0.15) is 13.3 Å². The van der Waals surface area contributed by atoms with Gasteiger partial charge in [0, 0.05) is 11.4 Å². The molecule has 1 aromatic rings. The van der Waals surface area contributed by atoms with Crippen molar-refractivity contribution in [3.63, 3.8) is 0 Å². The molecule has 0 aromatic heterocycles. The molecule has 0 aliphatic heterocycles. The van der Waals surface area contributed by atoms with Gasteiger partial charge in [-0.15, -0.1) is 11.8 Å². The van der Waals surface area contributed by atoms with Crippen LogP contribution < -0.4 is 11.1 Å². The molecule has 0 saturated heterocycles. The molecule has 1 amide bonds. The lowest BCUT2D eigenvalue weighted by Crippen LogP contribution is -2.32. The SMILES string of the molecule is CC(Sc1ccccc1Cl)C(=O)NCCCN. The minimum absolute atomic E-state index is 0.0170. The van der Waals surface area contributed by atoms with Crippen LogP contribution >= 0.6 is 23.4 Å². The van der Waals surface area contributed by atoms with Gasteiger partial charge in [0.05, 0.1) is 10.3 Å². The smallest absolute Gasteiger partial charge is 0.233 e. The van der Waals surface area contributed by atoms with Crippen molar-refractivity contribution in [1.82, 2.24) is 5.32 Å². The van der Waals surface area contributed by atoms with Crippen LogP contribution in [0.15, 0.2) is 29.2 Å². The average molecular weight is 273 g/mol. The van der Waals surface area contributed by atoms with Crippen LogP contribution in [0.4, 0.5) is 0 Å². The zero-order valence-electron chi connectivity index (χ0n) is 9.78. The number of hydrogen-bond acceptors (Lipinski definition) is 3. The maximum Gasteiger partial charge on any atom is 0.233 e. The second-order valence-corrected chi connectivity index (χ2v) is 5.41. The number of nitrogens with two attached hydrogens (primary N) is 1. The van der Waals surface area contributed by atoms with E-state index in [1.165, 1.54) is 11.8 Å². The largest absolute Gasteiger partial charge is 0.355 e. The van der Waals surface area contributed by atoms with Crippen LogP contribution in [-0.4, -0.2) is 24.2 Å². The van der Waals surface area contributed by atoms with Crippen LogP contribution in [0.3, 0.4) is 0 Å². The molecule has 0 aliphatic carbocycles. The molecule has 0 heterocycles. The molecular weight excluding hydrogens is 256 g/mol. The van der Waals surface area contributed by atoms with Crippen molar-refractivity contribution < 1.29 is 4.79 Å². The third kappa shape index (κ3) is 4.98. The van der Waals surface area contributed by atoms with Crippen molar-refractivity contribution in [3.8, 4) is 0 Å². The summed E-state index contributed by atoms with van der Waals surface area (Å²) in [5, 5.41) is 3.36. The van der Waals surface area contributed by atoms with Gasteiger partial charge in [0.25, 0.3) is 0 Å². The van der Waals surface area contributed by atoms with Crippen molar-refractivity contribution in [2.45, 2.75) is 23.5 Å². The predicted molar refractivity (Wildman–Crippen MR) is 73.5 cm³/mol. The van der Waals surface area contributed by atoms with E-state index in [4.69, 9.17) is 17.3 Å². The lowest BCUT2D eigenvalue weighted by molar-refractivity contribution is -0.120. The maximum atomic E-state index is 11.7. The van der Waals surface area contributed by atoms with Gasteiger partial charge in [-0.05, 0) is 32.0 Å². The van der Waals surface area contributed by atoms with Crippen LogP contribution in [0.2, 0.25) is 5.02 Å². The molecule has 94 valence electrons. The minimum atomic E-state index is -0.160. The van der Waals surface area contributed by atoms with Gasteiger partial charge < -0.3 is 11.1 Å². The molecule has 1 unspecified atom stereocenters. The van der Waals surface area contributed by atoms with Crippen molar-refractivity contribution in [1.29, 1.82) is 0 Å². The molecule has 0 saturated carbocycles. The standard InChI is InChI=1S/C12H17ClN2OS/c1-9(12(16)15-8-4-7-14)17-11-6-3-2-5-10(11)13/h2-3,5-6,9H,4,7-8,14H2,1H3,(H,15,16). The fourth-order valence-electron chi connectivity index (χ4n) is 1.24. The molecule has 1 atom stereocenters. The van der Waals surface area contributed by atoms with Gasteiger partial charge in [-0.2, -0.15) is 0 Å². The number of benzene rings is 1. The van der Waals surface area contributed by atoms with E-state index in [0.717, 1.165) is 11.3 Å². The minimum Gasteiger partial charge on any atom is -0.355 e. The van der Waals surface area contributed by atoms with E-state index in [1.807, 2.05) is 31.2 Å². The first-order valence-corrected chi connectivity index (χ1v) is 6.80. The second-order valence-electron chi connectivity index (χ2n) is 3.62. The highest BCUT2D eigenvalue weighted by atomic mass is 35.5. The van der Waals surface area contributed by atoms with Crippen LogP contribution in [0, 0.1) is 0 Å². The van der Waals surface area contributed by atoms with Gasteiger partial charge in [-0.3, -0.25) is 4.79 Å². The van der Waals surface area contributed by atoms with Crippen LogP contribution in [0.5, 0.6) is 0 Å². The number of rotatable bonds is 6. The van der Waals surface area contributed by atoms with Gasteiger partial charge in [0.1, 0.15) is 0 Å². The Morgan fingerprint density at radius 3 is 2.88 bits per heavy atom. The van der Waals surface area contributed by atoms with Gasteiger partial charge in [-0.1, -0.05) is 23.7 Å². The normalized spacial score (nSPS) is 12.2. The molecule has 5 heteroatoms. The highest BCUT2D eigenvalue weighted by Gasteiger charge is 2.14. The first-order valence-electron chi connectivity index (χ1n) is 5.54. The lowest BCUT2D eigenvalue weighted by atomic mass is 10.4. The maximum absolute atomic E-state index is 11.7. The van der Waals surface area contributed by atoms with E-state index in [1.54, 1.807) is 0 Å². The topological polar surface area (TPSA) is 55.1 Å². The Labute approximate surface area is 111 Å². The molecular formula is C12H17ClN2OS. The Kier molecular flexibility index (Phi) is 6.40. The molecule has 3 N–H and O–H groups in total. The lowest BCUT2D eigenvalue weighted by Gasteiger charge is -2.12. The van der Waals surface area contributed by atoms with E-state index in [0.29, 0.717) is 18.1 Å². The molecule has 0 radical (unpaired) electrons. The molecule has 1 rings (SSSR count). The molecule has 17 heavy (non-hydrogen) atoms. The number of amides is 1. The highest BCUT2D eigenvalue weighted by molar-refractivity contribution is 8.00. The van der Waals surface area contributed by atoms with E-state index in [-0.39, 0.29) is 11.2 Å². The molecule has 0 bridgehead atoms. The summed E-state index contributed by atoms with van der Waals surface area (Å²) < 4.78 is 0. The van der Waals surface area contributed by atoms with Crippen LogP contribution in [-0.2, 0) is 4.79 Å². The third-order valence-electron chi connectivity index (χ3n) is 2.19. The van der Waals surface area contributed by atoms with Crippen molar-refractivity contribution in [2.24, 2.45) is 5.73 Å². The number of halogens is 1. The summed E-state index contributed by atoms with van der Waals surface area (Å²) in [5.74, 6) is 0.0170. The number of carbonyl (C=O) groups excluding carboxylic acids is 1. The van der Waals surface area contributed by atoms with Gasteiger partial charge in [-0.25, -0.2) is 0 Å². The molecule has 0 spiro atoms. The summed E-state index contributed by atoms with van der Waals surface area (Å²) >= 11 is 7.49. The van der Waals surface area contributed by atoms with Crippen molar-refractivity contribution in [3.05, 3.63) is 29.3 Å². The fourth-order valence-corrected chi connectivity index (χ4v) is 2.42. The first-order chi connectivity index (χ1) is 8.15. The van der Waals surface area contributed by atoms with E-state index >= 15 is 0 Å². The number of hydrogen-bond donors (Lipinski definition) is 2. The van der Waals surface area contributed by atoms with E-state index < -0.39 is 0 Å². The number of thioether (sulfide) groups is 1. The predicted octanol–water partition coefficient (Wildman–Crippen LogP) is 2.29. The number of carbonyl (C=O) groups is 1. The zero-order valence-corrected chi connectivity index (χ0v) is 11.4. The van der Waals surface area contributed by atoms with Crippen molar-refractivity contribution in [2.75, 3.05) is 13.1 Å². The fraction of sp³-hybridized carbons (Fsp3) is 0.417. The Hall–Kier alpha value is -0.710. The Bertz CT molecular complexity index is 373. The second kappa shape index (κ2) is 7.58. The quantitative estimate of drug-likeness (QED) is 0.617. The average Bonchev–Trinajstić information content (AvgIpc) is 2.32. The Morgan fingerprint density at radius 2 is 2.24 bits per heavy atom. The van der Waals surface area contributed by atoms with Gasteiger partial charge in [0.2, 0.25) is 5.91 Å². The molecule has 0 aliphatic rings. The van der Waals surface area contributed by atoms with Crippen LogP contribution in [0.25, 0.3) is 0 Å². The summed E-state index contributed by atoms with van der Waals surface area (Å²) in [7, 11) is 0. The van der Waals surface area contributed by atoms with Gasteiger partial charge >= 0.3 is 0 Å². The summed E-state index contributed by atoms with van der Waals surface area (Å²) in [6.45, 7) is 3.08. The number of nitrogens with one attached hydrogen (secondary N) is 1. The highest BCUT2D eigenvalue weighted by Crippen LogP contribution is 2.29. The summed E-state index contributed by atoms with van der Waals surface area (Å²) in [6, 6.07) is 7.52. The van der Waals surface area contributed by atoms with E-state index in [9.17, 15) is 4.79 Å². The molecule has 1 aromatic carbocycles.